The zero-order valence-electron chi connectivity index (χ0n) is 10.4. The first kappa shape index (κ1) is 13.8. The fourth-order valence-corrected chi connectivity index (χ4v) is 2.86. The monoisotopic (exact) mass is 327 g/mol. The Labute approximate surface area is 122 Å². The van der Waals surface area contributed by atoms with Crippen molar-refractivity contribution in [2.24, 2.45) is 11.7 Å². The Morgan fingerprint density at radius 1 is 1.61 bits per heavy atom. The van der Waals surface area contributed by atoms with Gasteiger partial charge in [-0.3, -0.25) is 0 Å². The van der Waals surface area contributed by atoms with E-state index in [2.05, 4.69) is 33.2 Å². The second kappa shape index (κ2) is 5.99. The number of hydrogen-bond donors (Lipinski definition) is 2. The van der Waals surface area contributed by atoms with Gasteiger partial charge in [0.1, 0.15) is 4.99 Å². The summed E-state index contributed by atoms with van der Waals surface area (Å²) in [4.78, 5) is 2.80. The van der Waals surface area contributed by atoms with Gasteiger partial charge in [0.25, 0.3) is 0 Å². The molecule has 1 heterocycles. The fourth-order valence-electron chi connectivity index (χ4n) is 2.32. The van der Waals surface area contributed by atoms with Gasteiger partial charge in [-0.25, -0.2) is 0 Å². The first-order valence-corrected chi connectivity index (χ1v) is 7.28. The predicted octanol–water partition coefficient (Wildman–Crippen LogP) is 2.45. The van der Waals surface area contributed by atoms with Crippen LogP contribution in [0.3, 0.4) is 0 Å². The van der Waals surface area contributed by atoms with E-state index in [4.69, 9.17) is 18.0 Å². The van der Waals surface area contributed by atoms with Crippen LogP contribution in [0.5, 0.6) is 0 Å². The molecule has 1 aromatic rings. The Hall–Kier alpha value is -0.650. The molecule has 0 aromatic heterocycles. The van der Waals surface area contributed by atoms with Gasteiger partial charge in [0, 0.05) is 28.8 Å². The highest BCUT2D eigenvalue weighted by Crippen LogP contribution is 2.23. The van der Waals surface area contributed by atoms with Gasteiger partial charge >= 0.3 is 0 Å². The molecule has 3 N–H and O–H groups in total. The van der Waals surface area contributed by atoms with Gasteiger partial charge in [-0.1, -0.05) is 28.1 Å². The van der Waals surface area contributed by atoms with E-state index in [1.165, 1.54) is 13.0 Å². The van der Waals surface area contributed by atoms with Crippen LogP contribution >= 0.6 is 28.1 Å². The summed E-state index contributed by atoms with van der Waals surface area (Å²) in [5.74, 6) is 0.702. The molecule has 1 unspecified atom stereocenters. The van der Waals surface area contributed by atoms with Gasteiger partial charge in [-0.15, -0.1) is 0 Å². The van der Waals surface area contributed by atoms with E-state index in [1.54, 1.807) is 0 Å². The van der Waals surface area contributed by atoms with E-state index in [9.17, 15) is 0 Å². The van der Waals surface area contributed by atoms with Crippen molar-refractivity contribution in [1.82, 2.24) is 4.90 Å². The summed E-state index contributed by atoms with van der Waals surface area (Å²) in [7, 11) is 2.17. The van der Waals surface area contributed by atoms with Gasteiger partial charge in [-0.2, -0.15) is 0 Å². The lowest BCUT2D eigenvalue weighted by Crippen LogP contribution is -2.20. The highest BCUT2D eigenvalue weighted by Gasteiger charge is 2.19. The van der Waals surface area contributed by atoms with Crippen LogP contribution in [0.25, 0.3) is 0 Å². The van der Waals surface area contributed by atoms with Crippen molar-refractivity contribution in [3.8, 4) is 0 Å². The number of anilines is 1. The molecule has 1 aromatic carbocycles. The third-order valence-electron chi connectivity index (χ3n) is 3.32. The van der Waals surface area contributed by atoms with Gasteiger partial charge < -0.3 is 16.0 Å². The molecular weight excluding hydrogens is 310 g/mol. The molecule has 5 heteroatoms. The molecule has 1 saturated heterocycles. The van der Waals surface area contributed by atoms with Gasteiger partial charge in [0.05, 0.1) is 0 Å². The molecule has 3 nitrogen and oxygen atoms in total. The summed E-state index contributed by atoms with van der Waals surface area (Å²) >= 11 is 8.55. The Morgan fingerprint density at radius 2 is 2.39 bits per heavy atom. The average Bonchev–Trinajstić information content (AvgIpc) is 2.72. The number of nitrogens with one attached hydrogen (secondary N) is 1. The first-order valence-electron chi connectivity index (χ1n) is 6.08. The van der Waals surface area contributed by atoms with Crippen molar-refractivity contribution in [3.63, 3.8) is 0 Å². The minimum Gasteiger partial charge on any atom is -0.389 e. The van der Waals surface area contributed by atoms with E-state index < -0.39 is 0 Å². The van der Waals surface area contributed by atoms with Crippen molar-refractivity contribution in [1.29, 1.82) is 0 Å². The Morgan fingerprint density at radius 3 is 3.00 bits per heavy atom. The smallest absolute Gasteiger partial charge is 0.106 e. The lowest BCUT2D eigenvalue weighted by atomic mass is 10.1. The average molecular weight is 328 g/mol. The maximum absolute atomic E-state index is 5.74. The van der Waals surface area contributed by atoms with Crippen LogP contribution in [0, 0.1) is 5.92 Å². The molecule has 0 radical (unpaired) electrons. The lowest BCUT2D eigenvalue weighted by Gasteiger charge is -2.15. The van der Waals surface area contributed by atoms with Crippen molar-refractivity contribution < 1.29 is 0 Å². The third-order valence-corrected chi connectivity index (χ3v) is 4.03. The molecule has 0 amide bonds. The topological polar surface area (TPSA) is 41.3 Å². The molecule has 1 aliphatic rings. The highest BCUT2D eigenvalue weighted by atomic mass is 79.9. The van der Waals surface area contributed by atoms with Crippen LogP contribution < -0.4 is 11.1 Å². The second-order valence-electron chi connectivity index (χ2n) is 4.85. The summed E-state index contributed by atoms with van der Waals surface area (Å²) in [6.45, 7) is 3.31. The molecule has 1 atom stereocenters. The van der Waals surface area contributed by atoms with Crippen LogP contribution in [-0.4, -0.2) is 36.6 Å². The quantitative estimate of drug-likeness (QED) is 0.833. The molecule has 0 bridgehead atoms. The number of rotatable bonds is 4. The maximum Gasteiger partial charge on any atom is 0.106 e. The summed E-state index contributed by atoms with van der Waals surface area (Å²) in [6, 6.07) is 5.95. The van der Waals surface area contributed by atoms with Crippen LogP contribution in [0.15, 0.2) is 22.7 Å². The number of likely N-dealkylation sites (tertiary alicyclic amines) is 1. The minimum absolute atomic E-state index is 0.438. The molecule has 98 valence electrons. The molecule has 1 fully saturated rings. The summed E-state index contributed by atoms with van der Waals surface area (Å²) < 4.78 is 1.04. The summed E-state index contributed by atoms with van der Waals surface area (Å²) in [5, 5.41) is 3.47. The minimum atomic E-state index is 0.438. The molecule has 2 rings (SSSR count). The van der Waals surface area contributed by atoms with Crippen molar-refractivity contribution >= 4 is 38.8 Å². The van der Waals surface area contributed by atoms with Crippen molar-refractivity contribution in [3.05, 3.63) is 28.2 Å². The van der Waals surface area contributed by atoms with E-state index in [-0.39, 0.29) is 0 Å². The fraction of sp³-hybridized carbons (Fsp3) is 0.462. The zero-order valence-corrected chi connectivity index (χ0v) is 12.9. The highest BCUT2D eigenvalue weighted by molar-refractivity contribution is 9.10. The van der Waals surface area contributed by atoms with E-state index >= 15 is 0 Å². The van der Waals surface area contributed by atoms with Crippen LogP contribution in [-0.2, 0) is 0 Å². The maximum atomic E-state index is 5.74. The van der Waals surface area contributed by atoms with Gasteiger partial charge in [0.2, 0.25) is 0 Å². The number of hydrogen-bond acceptors (Lipinski definition) is 3. The third kappa shape index (κ3) is 3.43. The zero-order chi connectivity index (χ0) is 13.1. The van der Waals surface area contributed by atoms with E-state index in [0.717, 1.165) is 28.8 Å². The number of benzene rings is 1. The van der Waals surface area contributed by atoms with E-state index in [1.807, 2.05) is 18.2 Å². The number of nitrogens with zero attached hydrogens (tertiary/aromatic N) is 1. The Kier molecular flexibility index (Phi) is 4.59. The largest absolute Gasteiger partial charge is 0.389 e. The van der Waals surface area contributed by atoms with Gasteiger partial charge in [0.15, 0.2) is 0 Å². The number of nitrogens with two attached hydrogens (primary N) is 1. The standard InChI is InChI=1S/C13H18BrN3S/c1-17-5-4-9(8-17)7-16-12-6-10(14)2-3-11(12)13(15)18/h2-3,6,9,16H,4-5,7-8H2,1H3,(H2,15,18). The normalized spacial score (nSPS) is 20.0. The SMILES string of the molecule is CN1CCC(CNc2cc(Br)ccc2C(N)=S)C1. The van der Waals surface area contributed by atoms with Crippen molar-refractivity contribution in [2.75, 3.05) is 32.0 Å². The molecule has 1 aliphatic heterocycles. The first-order chi connectivity index (χ1) is 8.56. The predicted molar refractivity (Wildman–Crippen MR) is 84.1 cm³/mol. The summed E-state index contributed by atoms with van der Waals surface area (Å²) in [5.41, 5.74) is 7.67. The van der Waals surface area contributed by atoms with Crippen LogP contribution in [0.1, 0.15) is 12.0 Å². The number of halogens is 1. The van der Waals surface area contributed by atoms with Crippen molar-refractivity contribution in [2.45, 2.75) is 6.42 Å². The van der Waals surface area contributed by atoms with E-state index in [0.29, 0.717) is 10.9 Å². The molecule has 0 aliphatic carbocycles. The van der Waals surface area contributed by atoms with Gasteiger partial charge in [-0.05, 0) is 44.1 Å². The molecule has 18 heavy (non-hydrogen) atoms. The molecule has 0 saturated carbocycles. The van der Waals surface area contributed by atoms with Crippen LogP contribution in [0.2, 0.25) is 0 Å². The lowest BCUT2D eigenvalue weighted by molar-refractivity contribution is 0.399. The van der Waals surface area contributed by atoms with Crippen LogP contribution in [0.4, 0.5) is 5.69 Å². The Bertz CT molecular complexity index is 450. The second-order valence-corrected chi connectivity index (χ2v) is 6.21. The molecular formula is C13H18BrN3S. The molecule has 0 spiro atoms. The summed E-state index contributed by atoms with van der Waals surface area (Å²) in [6.07, 6.45) is 1.25. The Balaban J connectivity index is 2.04. The number of thiocarbonyl (C=S) groups is 1.